The van der Waals surface area contributed by atoms with Crippen LogP contribution in [-0.4, -0.2) is 25.3 Å². The predicted octanol–water partition coefficient (Wildman–Crippen LogP) is 2.26. The molecule has 0 unspecified atom stereocenters. The molecule has 2 aromatic heterocycles. The van der Waals surface area contributed by atoms with E-state index >= 15 is 0 Å². The highest BCUT2D eigenvalue weighted by Gasteiger charge is 2.21. The molecule has 0 aliphatic heterocycles. The Bertz CT molecular complexity index is 738. The zero-order valence-corrected chi connectivity index (χ0v) is 12.1. The number of aryl methyl sites for hydroxylation is 1. The molecule has 0 radical (unpaired) electrons. The molecular weight excluding hydrogens is 270 g/mol. The highest BCUT2D eigenvalue weighted by molar-refractivity contribution is 5.86. The molecule has 0 amide bonds. The number of aromatic carboxylic acids is 1. The van der Waals surface area contributed by atoms with Gasteiger partial charge in [-0.1, -0.05) is 19.3 Å². The number of rotatable bonds is 3. The van der Waals surface area contributed by atoms with E-state index < -0.39 is 5.97 Å². The van der Waals surface area contributed by atoms with E-state index in [1.54, 1.807) is 4.57 Å². The molecule has 112 valence electrons. The van der Waals surface area contributed by atoms with Gasteiger partial charge in [-0.15, -0.1) is 0 Å². The first kappa shape index (κ1) is 13.9. The van der Waals surface area contributed by atoms with Crippen LogP contribution in [0.2, 0.25) is 0 Å². The predicted molar refractivity (Wildman–Crippen MR) is 77.9 cm³/mol. The standard InChI is InChI=1S/C15H19N3O3/c1-2-17-12(15(20)21)9-14(19)18-13(17)8-11(16-18)10-6-4-3-5-7-10/h8-10H,2-7H2,1H3,(H,20,21). The minimum Gasteiger partial charge on any atom is -0.477 e. The van der Waals surface area contributed by atoms with Crippen molar-refractivity contribution in [2.24, 2.45) is 0 Å². The fraction of sp³-hybridized carbons (Fsp3) is 0.533. The van der Waals surface area contributed by atoms with Gasteiger partial charge >= 0.3 is 5.97 Å². The number of aromatic nitrogens is 3. The van der Waals surface area contributed by atoms with Crippen LogP contribution in [0.3, 0.4) is 0 Å². The average molecular weight is 289 g/mol. The molecule has 0 bridgehead atoms. The van der Waals surface area contributed by atoms with Gasteiger partial charge in [0.1, 0.15) is 11.3 Å². The highest BCUT2D eigenvalue weighted by atomic mass is 16.4. The summed E-state index contributed by atoms with van der Waals surface area (Å²) in [5, 5.41) is 13.7. The van der Waals surface area contributed by atoms with E-state index in [0.717, 1.165) is 24.6 Å². The Labute approximate surface area is 122 Å². The van der Waals surface area contributed by atoms with Crippen LogP contribution in [-0.2, 0) is 6.54 Å². The normalized spacial score (nSPS) is 16.4. The van der Waals surface area contributed by atoms with E-state index in [4.69, 9.17) is 0 Å². The van der Waals surface area contributed by atoms with Crippen LogP contribution >= 0.6 is 0 Å². The Balaban J connectivity index is 2.17. The zero-order valence-electron chi connectivity index (χ0n) is 12.1. The summed E-state index contributed by atoms with van der Waals surface area (Å²) < 4.78 is 2.96. The van der Waals surface area contributed by atoms with Gasteiger partial charge in [0.2, 0.25) is 0 Å². The highest BCUT2D eigenvalue weighted by Crippen LogP contribution is 2.32. The second-order valence-electron chi connectivity index (χ2n) is 5.59. The van der Waals surface area contributed by atoms with Crippen molar-refractivity contribution >= 4 is 11.6 Å². The average Bonchev–Trinajstić information content (AvgIpc) is 2.93. The third kappa shape index (κ3) is 2.34. The molecule has 1 fully saturated rings. The number of nitrogens with zero attached hydrogens (tertiary/aromatic N) is 3. The molecule has 0 spiro atoms. The number of fused-ring (bicyclic) bond motifs is 1. The summed E-state index contributed by atoms with van der Waals surface area (Å²) in [6.07, 6.45) is 5.83. The van der Waals surface area contributed by atoms with Gasteiger partial charge < -0.3 is 9.67 Å². The van der Waals surface area contributed by atoms with Crippen molar-refractivity contribution in [1.29, 1.82) is 0 Å². The third-order valence-corrected chi connectivity index (χ3v) is 4.30. The Hall–Kier alpha value is -2.11. The Kier molecular flexibility index (Phi) is 3.53. The van der Waals surface area contributed by atoms with Crippen LogP contribution in [0.1, 0.15) is 61.1 Å². The lowest BCUT2D eigenvalue weighted by molar-refractivity contribution is 0.0684. The van der Waals surface area contributed by atoms with Gasteiger partial charge in [-0.25, -0.2) is 4.79 Å². The Morgan fingerprint density at radius 2 is 2.05 bits per heavy atom. The lowest BCUT2D eigenvalue weighted by Crippen LogP contribution is -2.23. The van der Waals surface area contributed by atoms with E-state index in [2.05, 4.69) is 5.10 Å². The molecule has 2 heterocycles. The number of carboxylic acids is 1. The smallest absolute Gasteiger partial charge is 0.352 e. The maximum Gasteiger partial charge on any atom is 0.352 e. The van der Waals surface area contributed by atoms with Gasteiger partial charge in [-0.3, -0.25) is 4.79 Å². The molecule has 1 aliphatic carbocycles. The van der Waals surface area contributed by atoms with E-state index in [0.29, 0.717) is 18.1 Å². The van der Waals surface area contributed by atoms with E-state index in [1.165, 1.54) is 23.8 Å². The first-order chi connectivity index (χ1) is 10.1. The molecule has 0 atom stereocenters. The van der Waals surface area contributed by atoms with E-state index in [1.807, 2.05) is 13.0 Å². The number of carbonyl (C=O) groups is 1. The lowest BCUT2D eigenvalue weighted by atomic mass is 9.87. The Morgan fingerprint density at radius 3 is 2.67 bits per heavy atom. The Morgan fingerprint density at radius 1 is 1.33 bits per heavy atom. The minimum atomic E-state index is -1.09. The van der Waals surface area contributed by atoms with Crippen molar-refractivity contribution in [3.8, 4) is 0 Å². The number of hydrogen-bond donors (Lipinski definition) is 1. The molecule has 6 nitrogen and oxygen atoms in total. The second kappa shape index (κ2) is 5.35. The SMILES string of the molecule is CCn1c(C(=O)O)cc(=O)n2nc(C3CCCCC3)cc12. The third-order valence-electron chi connectivity index (χ3n) is 4.30. The van der Waals surface area contributed by atoms with Crippen molar-refractivity contribution < 1.29 is 9.90 Å². The van der Waals surface area contributed by atoms with Gasteiger partial charge in [0.05, 0.1) is 5.69 Å². The van der Waals surface area contributed by atoms with E-state index in [9.17, 15) is 14.7 Å². The van der Waals surface area contributed by atoms with Crippen LogP contribution in [0, 0.1) is 0 Å². The molecule has 21 heavy (non-hydrogen) atoms. The maximum absolute atomic E-state index is 12.1. The first-order valence-corrected chi connectivity index (χ1v) is 7.48. The van der Waals surface area contributed by atoms with Gasteiger partial charge in [-0.05, 0) is 19.8 Å². The van der Waals surface area contributed by atoms with Crippen molar-refractivity contribution in [2.75, 3.05) is 0 Å². The van der Waals surface area contributed by atoms with Crippen molar-refractivity contribution in [3.05, 3.63) is 33.9 Å². The summed E-state index contributed by atoms with van der Waals surface area (Å²) in [6, 6.07) is 3.03. The van der Waals surface area contributed by atoms with Gasteiger partial charge in [-0.2, -0.15) is 9.61 Å². The second-order valence-corrected chi connectivity index (χ2v) is 5.59. The van der Waals surface area contributed by atoms with Crippen LogP contribution in [0.5, 0.6) is 0 Å². The molecule has 6 heteroatoms. The topological polar surface area (TPSA) is 76.6 Å². The van der Waals surface area contributed by atoms with Crippen LogP contribution in [0.4, 0.5) is 0 Å². The fourth-order valence-electron chi connectivity index (χ4n) is 3.23. The maximum atomic E-state index is 12.1. The van der Waals surface area contributed by atoms with E-state index in [-0.39, 0.29) is 11.3 Å². The molecular formula is C15H19N3O3. The van der Waals surface area contributed by atoms with Crippen LogP contribution < -0.4 is 5.56 Å². The van der Waals surface area contributed by atoms with Crippen molar-refractivity contribution in [3.63, 3.8) is 0 Å². The summed E-state index contributed by atoms with van der Waals surface area (Å²) in [6.45, 7) is 2.35. The van der Waals surface area contributed by atoms with Gasteiger partial charge in [0.25, 0.3) is 5.56 Å². The lowest BCUT2D eigenvalue weighted by Gasteiger charge is -2.18. The first-order valence-electron chi connectivity index (χ1n) is 7.48. The monoisotopic (exact) mass is 289 g/mol. The fourth-order valence-corrected chi connectivity index (χ4v) is 3.23. The molecule has 2 aromatic rings. The minimum absolute atomic E-state index is 0.0186. The molecule has 1 N–H and O–H groups in total. The zero-order chi connectivity index (χ0) is 15.0. The quantitative estimate of drug-likeness (QED) is 0.940. The molecule has 3 rings (SSSR count). The summed E-state index contributed by atoms with van der Waals surface area (Å²) >= 11 is 0. The van der Waals surface area contributed by atoms with Crippen molar-refractivity contribution in [1.82, 2.24) is 14.2 Å². The summed E-state index contributed by atoms with van der Waals surface area (Å²) in [5.74, 6) is -0.700. The molecule has 1 aliphatic rings. The van der Waals surface area contributed by atoms with Crippen molar-refractivity contribution in [2.45, 2.75) is 51.5 Å². The number of hydrogen-bond acceptors (Lipinski definition) is 3. The molecule has 0 aromatic carbocycles. The van der Waals surface area contributed by atoms with Gasteiger partial charge in [0.15, 0.2) is 0 Å². The molecule has 1 saturated carbocycles. The summed E-state index contributed by atoms with van der Waals surface area (Å²) in [4.78, 5) is 23.4. The summed E-state index contributed by atoms with van der Waals surface area (Å²) in [7, 11) is 0. The van der Waals surface area contributed by atoms with Gasteiger partial charge in [0, 0.05) is 24.6 Å². The molecule has 0 saturated heterocycles. The van der Waals surface area contributed by atoms with Crippen LogP contribution in [0.15, 0.2) is 16.9 Å². The van der Waals surface area contributed by atoms with Crippen LogP contribution in [0.25, 0.3) is 5.65 Å². The summed E-state index contributed by atoms with van der Waals surface area (Å²) in [5.41, 5.74) is 1.12. The largest absolute Gasteiger partial charge is 0.477 e. The number of carboxylic acid groups (broad SMARTS) is 1.